The molecule has 0 amide bonds. The first-order valence-corrected chi connectivity index (χ1v) is 7.74. The zero-order valence-electron chi connectivity index (χ0n) is 11.3. The van der Waals surface area contributed by atoms with Gasteiger partial charge in [0.05, 0.1) is 11.0 Å². The van der Waals surface area contributed by atoms with Crippen LogP contribution in [0.2, 0.25) is 5.02 Å². The van der Waals surface area contributed by atoms with Crippen molar-refractivity contribution in [3.63, 3.8) is 0 Å². The largest absolute Gasteiger partial charge is 0.331 e. The van der Waals surface area contributed by atoms with Crippen LogP contribution < -0.4 is 0 Å². The van der Waals surface area contributed by atoms with Gasteiger partial charge in [0.2, 0.25) is 0 Å². The molecule has 0 bridgehead atoms. The van der Waals surface area contributed by atoms with E-state index in [1.807, 2.05) is 12.1 Å². The minimum absolute atomic E-state index is 0.513. The van der Waals surface area contributed by atoms with Crippen molar-refractivity contribution in [1.29, 1.82) is 0 Å². The molecule has 1 fully saturated rings. The summed E-state index contributed by atoms with van der Waals surface area (Å²) in [5.74, 6) is 1.50. The molecule has 19 heavy (non-hydrogen) atoms. The summed E-state index contributed by atoms with van der Waals surface area (Å²) in [5.41, 5.74) is 2.23. The van der Waals surface area contributed by atoms with Crippen molar-refractivity contribution in [2.75, 3.05) is 0 Å². The van der Waals surface area contributed by atoms with Crippen LogP contribution in [0.5, 0.6) is 0 Å². The van der Waals surface area contributed by atoms with Crippen molar-refractivity contribution in [2.45, 2.75) is 39.2 Å². The molecule has 3 unspecified atom stereocenters. The molecule has 0 saturated heterocycles. The van der Waals surface area contributed by atoms with Crippen LogP contribution in [0.15, 0.2) is 18.2 Å². The Morgan fingerprint density at radius 3 is 2.84 bits per heavy atom. The molecule has 1 heterocycles. The Hall–Kier alpha value is -0.800. The standard InChI is InChI=1S/C15H19ClN2S/c1-9-3-5-13(10(2)7-9)18-14-6-4-11(16)8-12(14)17-15(18)19/h4,6,8-10,13H,3,5,7H2,1-2H3,(H,17,19). The molecular formula is C15H19ClN2S. The van der Waals surface area contributed by atoms with Gasteiger partial charge in [-0.15, -0.1) is 0 Å². The van der Waals surface area contributed by atoms with E-state index < -0.39 is 0 Å². The van der Waals surface area contributed by atoms with E-state index in [-0.39, 0.29) is 0 Å². The van der Waals surface area contributed by atoms with E-state index >= 15 is 0 Å². The van der Waals surface area contributed by atoms with Crippen molar-refractivity contribution in [3.8, 4) is 0 Å². The number of nitrogens with one attached hydrogen (secondary N) is 1. The molecule has 3 rings (SSSR count). The van der Waals surface area contributed by atoms with Crippen LogP contribution in [-0.4, -0.2) is 9.55 Å². The number of nitrogens with zero attached hydrogens (tertiary/aromatic N) is 1. The minimum atomic E-state index is 0.513. The molecule has 1 aliphatic rings. The summed E-state index contributed by atoms with van der Waals surface area (Å²) in [6.07, 6.45) is 3.79. The van der Waals surface area contributed by atoms with E-state index in [0.29, 0.717) is 12.0 Å². The molecule has 1 aromatic carbocycles. The van der Waals surface area contributed by atoms with Gasteiger partial charge in [-0.2, -0.15) is 0 Å². The molecule has 0 spiro atoms. The summed E-state index contributed by atoms with van der Waals surface area (Å²) in [4.78, 5) is 3.29. The van der Waals surface area contributed by atoms with Crippen LogP contribution in [0, 0.1) is 16.6 Å². The average Bonchev–Trinajstić information content (AvgIpc) is 2.65. The van der Waals surface area contributed by atoms with Crippen LogP contribution in [0.1, 0.15) is 39.2 Å². The smallest absolute Gasteiger partial charge is 0.178 e. The first kappa shape index (κ1) is 13.2. The molecule has 1 saturated carbocycles. The lowest BCUT2D eigenvalue weighted by Crippen LogP contribution is -2.24. The molecule has 0 aliphatic heterocycles. The number of aromatic amines is 1. The molecule has 3 atom stereocenters. The number of fused-ring (bicyclic) bond motifs is 1. The van der Waals surface area contributed by atoms with Gasteiger partial charge in [-0.25, -0.2) is 0 Å². The number of imidazole rings is 1. The van der Waals surface area contributed by atoms with Crippen molar-refractivity contribution >= 4 is 34.9 Å². The molecule has 0 radical (unpaired) electrons. The lowest BCUT2D eigenvalue weighted by atomic mass is 9.79. The zero-order chi connectivity index (χ0) is 13.6. The van der Waals surface area contributed by atoms with Gasteiger partial charge in [0.25, 0.3) is 0 Å². The van der Waals surface area contributed by atoms with Gasteiger partial charge in [-0.1, -0.05) is 25.4 Å². The SMILES string of the molecule is CC1CCC(n2c(=S)[nH]c3cc(Cl)ccc32)C(C)C1. The Balaban J connectivity index is 2.09. The van der Waals surface area contributed by atoms with Crippen molar-refractivity contribution in [3.05, 3.63) is 28.0 Å². The van der Waals surface area contributed by atoms with Crippen molar-refractivity contribution in [1.82, 2.24) is 9.55 Å². The van der Waals surface area contributed by atoms with E-state index in [2.05, 4.69) is 29.5 Å². The first-order chi connectivity index (χ1) is 9.06. The minimum Gasteiger partial charge on any atom is -0.331 e. The van der Waals surface area contributed by atoms with Gasteiger partial charge >= 0.3 is 0 Å². The number of hydrogen-bond acceptors (Lipinski definition) is 1. The number of rotatable bonds is 1. The third-order valence-electron chi connectivity index (χ3n) is 4.40. The second kappa shape index (κ2) is 4.95. The van der Waals surface area contributed by atoms with Crippen molar-refractivity contribution < 1.29 is 0 Å². The van der Waals surface area contributed by atoms with E-state index in [1.165, 1.54) is 24.8 Å². The summed E-state index contributed by atoms with van der Waals surface area (Å²) >= 11 is 11.6. The molecular weight excluding hydrogens is 276 g/mol. The maximum atomic E-state index is 6.05. The Bertz CT molecular complexity index is 658. The second-order valence-electron chi connectivity index (χ2n) is 5.92. The molecule has 1 aliphatic carbocycles. The Labute approximate surface area is 123 Å². The van der Waals surface area contributed by atoms with Gasteiger partial charge in [-0.3, -0.25) is 0 Å². The van der Waals surface area contributed by atoms with E-state index in [4.69, 9.17) is 23.8 Å². The Morgan fingerprint density at radius 1 is 1.32 bits per heavy atom. The maximum absolute atomic E-state index is 6.05. The van der Waals surface area contributed by atoms with Gasteiger partial charge in [-0.05, 0) is 61.5 Å². The molecule has 1 aromatic heterocycles. The van der Waals surface area contributed by atoms with Gasteiger partial charge in [0.15, 0.2) is 4.77 Å². The van der Waals surface area contributed by atoms with E-state index in [9.17, 15) is 0 Å². The molecule has 4 heteroatoms. The summed E-state index contributed by atoms with van der Waals surface area (Å²) < 4.78 is 3.13. The third-order valence-corrected chi connectivity index (χ3v) is 4.93. The number of hydrogen-bond donors (Lipinski definition) is 1. The Morgan fingerprint density at radius 2 is 2.11 bits per heavy atom. The van der Waals surface area contributed by atoms with Crippen LogP contribution >= 0.6 is 23.8 Å². The highest BCUT2D eigenvalue weighted by Gasteiger charge is 2.28. The first-order valence-electron chi connectivity index (χ1n) is 6.96. The van der Waals surface area contributed by atoms with Crippen LogP contribution in [0.25, 0.3) is 11.0 Å². The predicted octanol–water partition coefficient (Wildman–Crippen LogP) is 5.35. The third kappa shape index (κ3) is 2.34. The Kier molecular flexibility index (Phi) is 3.44. The summed E-state index contributed by atoms with van der Waals surface area (Å²) in [5, 5.41) is 0.751. The van der Waals surface area contributed by atoms with Gasteiger partial charge in [0, 0.05) is 11.1 Å². The zero-order valence-corrected chi connectivity index (χ0v) is 12.9. The predicted molar refractivity (Wildman–Crippen MR) is 83.3 cm³/mol. The number of halogens is 1. The molecule has 1 N–H and O–H groups in total. The number of benzene rings is 1. The number of aromatic nitrogens is 2. The molecule has 2 aromatic rings. The van der Waals surface area contributed by atoms with Crippen LogP contribution in [0.4, 0.5) is 0 Å². The van der Waals surface area contributed by atoms with Gasteiger partial charge in [0.1, 0.15) is 0 Å². The fraction of sp³-hybridized carbons (Fsp3) is 0.533. The normalized spacial score (nSPS) is 27.8. The fourth-order valence-electron chi connectivity index (χ4n) is 3.47. The van der Waals surface area contributed by atoms with E-state index in [1.54, 1.807) is 0 Å². The maximum Gasteiger partial charge on any atom is 0.178 e. The highest BCUT2D eigenvalue weighted by atomic mass is 35.5. The van der Waals surface area contributed by atoms with E-state index in [0.717, 1.165) is 21.2 Å². The molecule has 102 valence electrons. The van der Waals surface area contributed by atoms with Gasteiger partial charge < -0.3 is 9.55 Å². The quantitative estimate of drug-likeness (QED) is 0.703. The summed E-state index contributed by atoms with van der Waals surface area (Å²) in [6.45, 7) is 4.69. The molecule has 2 nitrogen and oxygen atoms in total. The topological polar surface area (TPSA) is 20.7 Å². The summed E-state index contributed by atoms with van der Waals surface area (Å²) in [6, 6.07) is 6.49. The number of H-pyrrole nitrogens is 1. The lowest BCUT2D eigenvalue weighted by Gasteiger charge is -2.33. The van der Waals surface area contributed by atoms with Crippen LogP contribution in [0.3, 0.4) is 0 Å². The monoisotopic (exact) mass is 294 g/mol. The van der Waals surface area contributed by atoms with Crippen LogP contribution in [-0.2, 0) is 0 Å². The summed E-state index contributed by atoms with van der Waals surface area (Å²) in [7, 11) is 0. The average molecular weight is 295 g/mol. The highest BCUT2D eigenvalue weighted by Crippen LogP contribution is 2.38. The van der Waals surface area contributed by atoms with Crippen molar-refractivity contribution in [2.24, 2.45) is 11.8 Å². The second-order valence-corrected chi connectivity index (χ2v) is 6.75. The lowest BCUT2D eigenvalue weighted by molar-refractivity contribution is 0.210. The fourth-order valence-corrected chi connectivity index (χ4v) is 3.98. The highest BCUT2D eigenvalue weighted by molar-refractivity contribution is 7.71.